The molecule has 0 bridgehead atoms. The summed E-state index contributed by atoms with van der Waals surface area (Å²) in [6, 6.07) is 1.13. The van der Waals surface area contributed by atoms with Crippen molar-refractivity contribution in [3.05, 3.63) is 0 Å². The lowest BCUT2D eigenvalue weighted by Gasteiger charge is -2.41. The molecule has 0 radical (unpaired) electrons. The molecule has 0 saturated carbocycles. The van der Waals surface area contributed by atoms with Gasteiger partial charge in [0.05, 0.1) is 19.3 Å². The van der Waals surface area contributed by atoms with Crippen LogP contribution in [-0.4, -0.2) is 48.0 Å². The summed E-state index contributed by atoms with van der Waals surface area (Å²) >= 11 is 0. The van der Waals surface area contributed by atoms with Crippen molar-refractivity contribution < 1.29 is 9.84 Å². The van der Waals surface area contributed by atoms with Crippen LogP contribution in [0.5, 0.6) is 0 Å². The molecule has 1 saturated heterocycles. The van der Waals surface area contributed by atoms with Gasteiger partial charge in [-0.05, 0) is 19.8 Å². The Morgan fingerprint density at radius 1 is 1.43 bits per heavy atom. The van der Waals surface area contributed by atoms with Crippen LogP contribution in [0.4, 0.5) is 0 Å². The second-order valence-electron chi connectivity index (χ2n) is 4.15. The first-order valence-corrected chi connectivity index (χ1v) is 5.71. The van der Waals surface area contributed by atoms with Crippen LogP contribution in [0, 0.1) is 0 Å². The molecule has 0 amide bonds. The van der Waals surface area contributed by atoms with Gasteiger partial charge in [-0.3, -0.25) is 4.90 Å². The third-order valence-corrected chi connectivity index (χ3v) is 3.17. The van der Waals surface area contributed by atoms with Crippen molar-refractivity contribution in [2.45, 2.75) is 51.8 Å². The van der Waals surface area contributed by atoms with Crippen molar-refractivity contribution in [2.75, 3.05) is 19.8 Å². The molecule has 0 aromatic rings. The van der Waals surface area contributed by atoms with Gasteiger partial charge in [-0.25, -0.2) is 0 Å². The van der Waals surface area contributed by atoms with E-state index in [9.17, 15) is 0 Å². The number of morpholine rings is 1. The minimum absolute atomic E-state index is 0.0202. The van der Waals surface area contributed by atoms with E-state index < -0.39 is 0 Å². The van der Waals surface area contributed by atoms with Crippen molar-refractivity contribution in [2.24, 2.45) is 0 Å². The standard InChI is InChI=1S/C11H23NO2/c1-4-10(5-2)12-6-11(7-13)14-8-9(12)3/h9-11,13H,4-8H2,1-3H3. The molecule has 2 unspecified atom stereocenters. The number of aliphatic hydroxyl groups is 1. The highest BCUT2D eigenvalue weighted by Crippen LogP contribution is 2.18. The van der Waals surface area contributed by atoms with Gasteiger partial charge in [0.15, 0.2) is 0 Å². The van der Waals surface area contributed by atoms with Gasteiger partial charge in [-0.2, -0.15) is 0 Å². The SMILES string of the molecule is CCC(CC)N1CC(CO)OCC1C. The Morgan fingerprint density at radius 2 is 2.07 bits per heavy atom. The number of rotatable bonds is 4. The molecule has 1 heterocycles. The highest BCUT2D eigenvalue weighted by Gasteiger charge is 2.29. The molecule has 2 atom stereocenters. The summed E-state index contributed by atoms with van der Waals surface area (Å²) in [5.41, 5.74) is 0. The Kier molecular flexibility index (Phi) is 4.85. The fourth-order valence-corrected chi connectivity index (χ4v) is 2.22. The summed E-state index contributed by atoms with van der Waals surface area (Å²) in [5, 5.41) is 9.07. The summed E-state index contributed by atoms with van der Waals surface area (Å²) in [6.07, 6.45) is 2.38. The summed E-state index contributed by atoms with van der Waals surface area (Å²) in [6.45, 7) is 8.43. The first-order valence-electron chi connectivity index (χ1n) is 5.71. The lowest BCUT2D eigenvalue weighted by Crippen LogP contribution is -2.53. The van der Waals surface area contributed by atoms with E-state index in [2.05, 4.69) is 25.7 Å². The molecule has 1 aliphatic heterocycles. The second-order valence-corrected chi connectivity index (χ2v) is 4.15. The minimum Gasteiger partial charge on any atom is -0.394 e. The molecular formula is C11H23NO2. The van der Waals surface area contributed by atoms with Crippen LogP contribution in [0.1, 0.15) is 33.6 Å². The molecule has 14 heavy (non-hydrogen) atoms. The van der Waals surface area contributed by atoms with Crippen molar-refractivity contribution in [3.8, 4) is 0 Å². The van der Waals surface area contributed by atoms with E-state index in [1.165, 1.54) is 12.8 Å². The van der Waals surface area contributed by atoms with Gasteiger partial charge >= 0.3 is 0 Å². The summed E-state index contributed by atoms with van der Waals surface area (Å²) in [4.78, 5) is 2.48. The van der Waals surface area contributed by atoms with E-state index in [0.29, 0.717) is 12.1 Å². The molecule has 1 aliphatic rings. The van der Waals surface area contributed by atoms with Gasteiger partial charge in [0, 0.05) is 18.6 Å². The Hall–Kier alpha value is -0.120. The predicted molar refractivity (Wildman–Crippen MR) is 57.4 cm³/mol. The van der Waals surface area contributed by atoms with Gasteiger partial charge in [-0.1, -0.05) is 13.8 Å². The smallest absolute Gasteiger partial charge is 0.0933 e. The quantitative estimate of drug-likeness (QED) is 0.743. The zero-order chi connectivity index (χ0) is 10.6. The average molecular weight is 201 g/mol. The number of aliphatic hydroxyl groups excluding tert-OH is 1. The summed E-state index contributed by atoms with van der Waals surface area (Å²) in [7, 11) is 0. The van der Waals surface area contributed by atoms with E-state index in [4.69, 9.17) is 9.84 Å². The maximum atomic E-state index is 9.07. The van der Waals surface area contributed by atoms with Gasteiger partial charge in [0.25, 0.3) is 0 Å². The molecule has 3 nitrogen and oxygen atoms in total. The lowest BCUT2D eigenvalue weighted by atomic mass is 10.1. The van der Waals surface area contributed by atoms with E-state index in [1.54, 1.807) is 0 Å². The monoisotopic (exact) mass is 201 g/mol. The fraction of sp³-hybridized carbons (Fsp3) is 1.00. The zero-order valence-corrected chi connectivity index (χ0v) is 9.57. The van der Waals surface area contributed by atoms with Crippen LogP contribution < -0.4 is 0 Å². The first-order chi connectivity index (χ1) is 6.72. The fourth-order valence-electron chi connectivity index (χ4n) is 2.22. The van der Waals surface area contributed by atoms with E-state index in [0.717, 1.165) is 13.2 Å². The Bertz CT molecular complexity index is 159. The molecule has 1 fully saturated rings. The number of hydrogen-bond acceptors (Lipinski definition) is 3. The molecular weight excluding hydrogens is 178 g/mol. The molecule has 0 aromatic heterocycles. The Morgan fingerprint density at radius 3 is 2.57 bits per heavy atom. The molecule has 1 N–H and O–H groups in total. The Labute approximate surface area is 87.1 Å². The second kappa shape index (κ2) is 5.69. The maximum Gasteiger partial charge on any atom is 0.0933 e. The number of nitrogens with zero attached hydrogens (tertiary/aromatic N) is 1. The number of hydrogen-bond donors (Lipinski definition) is 1. The predicted octanol–water partition coefficient (Wildman–Crippen LogP) is 1.26. The molecule has 84 valence electrons. The summed E-state index contributed by atoms with van der Waals surface area (Å²) in [5.74, 6) is 0. The molecule has 0 spiro atoms. The normalized spacial score (nSPS) is 29.8. The van der Waals surface area contributed by atoms with Gasteiger partial charge < -0.3 is 9.84 Å². The third kappa shape index (κ3) is 2.69. The highest BCUT2D eigenvalue weighted by atomic mass is 16.5. The molecule has 0 aliphatic carbocycles. The first kappa shape index (κ1) is 12.0. The topological polar surface area (TPSA) is 32.7 Å². The van der Waals surface area contributed by atoms with Crippen LogP contribution in [0.15, 0.2) is 0 Å². The lowest BCUT2D eigenvalue weighted by molar-refractivity contribution is -0.0918. The third-order valence-electron chi connectivity index (χ3n) is 3.17. The van der Waals surface area contributed by atoms with E-state index in [1.807, 2.05) is 0 Å². The maximum absolute atomic E-state index is 9.07. The van der Waals surface area contributed by atoms with Crippen molar-refractivity contribution in [3.63, 3.8) is 0 Å². The van der Waals surface area contributed by atoms with Crippen LogP contribution in [0.3, 0.4) is 0 Å². The van der Waals surface area contributed by atoms with Gasteiger partial charge in [0.2, 0.25) is 0 Å². The van der Waals surface area contributed by atoms with Crippen LogP contribution in [-0.2, 0) is 4.74 Å². The summed E-state index contributed by atoms with van der Waals surface area (Å²) < 4.78 is 5.52. The van der Waals surface area contributed by atoms with Gasteiger partial charge in [0.1, 0.15) is 0 Å². The largest absolute Gasteiger partial charge is 0.394 e. The molecule has 1 rings (SSSR count). The molecule has 3 heteroatoms. The van der Waals surface area contributed by atoms with Crippen molar-refractivity contribution in [1.82, 2.24) is 4.90 Å². The highest BCUT2D eigenvalue weighted by molar-refractivity contribution is 4.81. The van der Waals surface area contributed by atoms with Crippen LogP contribution in [0.2, 0.25) is 0 Å². The Balaban J connectivity index is 2.54. The minimum atomic E-state index is 0.0202. The van der Waals surface area contributed by atoms with Gasteiger partial charge in [-0.15, -0.1) is 0 Å². The van der Waals surface area contributed by atoms with E-state index >= 15 is 0 Å². The zero-order valence-electron chi connectivity index (χ0n) is 9.57. The van der Waals surface area contributed by atoms with E-state index in [-0.39, 0.29) is 12.7 Å². The van der Waals surface area contributed by atoms with Crippen molar-refractivity contribution >= 4 is 0 Å². The molecule has 0 aromatic carbocycles. The van der Waals surface area contributed by atoms with Crippen molar-refractivity contribution in [1.29, 1.82) is 0 Å². The van der Waals surface area contributed by atoms with Crippen LogP contribution >= 0.6 is 0 Å². The van der Waals surface area contributed by atoms with Crippen LogP contribution in [0.25, 0.3) is 0 Å². The average Bonchev–Trinajstić information content (AvgIpc) is 2.22. The number of ether oxygens (including phenoxy) is 1.